The molecule has 0 saturated carbocycles. The Balaban J connectivity index is 2.09. The van der Waals surface area contributed by atoms with Crippen LogP contribution >= 0.6 is 0 Å². The van der Waals surface area contributed by atoms with Crippen LogP contribution in [0.4, 0.5) is 0 Å². The number of carbonyl (C=O) groups is 2. The number of methoxy groups -OCH3 is 1. The van der Waals surface area contributed by atoms with E-state index in [1.165, 1.54) is 12.7 Å². The second kappa shape index (κ2) is 7.54. The van der Waals surface area contributed by atoms with Crippen molar-refractivity contribution < 1.29 is 14.3 Å². The summed E-state index contributed by atoms with van der Waals surface area (Å²) >= 11 is 0. The first-order chi connectivity index (χ1) is 8.24. The lowest BCUT2D eigenvalue weighted by molar-refractivity contribution is -0.151. The zero-order valence-electron chi connectivity index (χ0n) is 10.0. The van der Waals surface area contributed by atoms with Crippen LogP contribution in [0.5, 0.6) is 0 Å². The molecule has 1 aromatic rings. The van der Waals surface area contributed by atoms with E-state index in [1.54, 1.807) is 6.20 Å². The minimum absolute atomic E-state index is 0.277. The Labute approximate surface area is 101 Å². The average Bonchev–Trinajstić information content (AvgIpc) is 2.38. The van der Waals surface area contributed by atoms with Gasteiger partial charge in [0.1, 0.15) is 0 Å². The summed E-state index contributed by atoms with van der Waals surface area (Å²) in [6, 6.07) is 3.95. The second-order valence-corrected chi connectivity index (χ2v) is 3.84. The number of esters is 1. The van der Waals surface area contributed by atoms with Gasteiger partial charge in [-0.15, -0.1) is 0 Å². The normalized spacial score (nSPS) is 9.94. The van der Waals surface area contributed by atoms with Gasteiger partial charge in [-0.25, -0.2) is 4.79 Å². The molecular formula is C13H17NO3. The Morgan fingerprint density at radius 2 is 2.12 bits per heavy atom. The van der Waals surface area contributed by atoms with Crippen molar-refractivity contribution in [3.63, 3.8) is 0 Å². The summed E-state index contributed by atoms with van der Waals surface area (Å²) in [5.41, 5.74) is 1.20. The van der Waals surface area contributed by atoms with E-state index < -0.39 is 11.8 Å². The van der Waals surface area contributed by atoms with Crippen molar-refractivity contribution in [3.05, 3.63) is 30.1 Å². The minimum atomic E-state index is -0.739. The van der Waals surface area contributed by atoms with Crippen LogP contribution in [0.2, 0.25) is 0 Å². The highest BCUT2D eigenvalue weighted by Gasteiger charge is 2.12. The van der Waals surface area contributed by atoms with Crippen molar-refractivity contribution in [2.45, 2.75) is 32.1 Å². The molecule has 0 saturated heterocycles. The number of aromatic nitrogens is 1. The quantitative estimate of drug-likeness (QED) is 0.411. The molecule has 0 aliphatic rings. The third-order valence-electron chi connectivity index (χ3n) is 2.51. The number of ketones is 1. The Bertz CT molecular complexity index is 362. The Morgan fingerprint density at radius 1 is 1.29 bits per heavy atom. The summed E-state index contributed by atoms with van der Waals surface area (Å²) in [7, 11) is 1.22. The lowest BCUT2D eigenvalue weighted by Crippen LogP contribution is -2.14. The first-order valence-electron chi connectivity index (χ1n) is 5.74. The lowest BCUT2D eigenvalue weighted by Gasteiger charge is -2.01. The average molecular weight is 235 g/mol. The van der Waals surface area contributed by atoms with Crippen LogP contribution in [0.15, 0.2) is 24.5 Å². The van der Waals surface area contributed by atoms with Gasteiger partial charge in [0.05, 0.1) is 7.11 Å². The van der Waals surface area contributed by atoms with Crippen LogP contribution in [0.1, 0.15) is 31.2 Å². The molecule has 0 unspecified atom stereocenters. The number of pyridine rings is 1. The summed E-state index contributed by atoms with van der Waals surface area (Å²) in [5.74, 6) is -1.17. The van der Waals surface area contributed by atoms with Gasteiger partial charge in [0.2, 0.25) is 5.78 Å². The summed E-state index contributed by atoms with van der Waals surface area (Å²) < 4.78 is 4.34. The number of aryl methyl sites for hydroxylation is 1. The van der Waals surface area contributed by atoms with Crippen LogP contribution in [0, 0.1) is 0 Å². The number of carbonyl (C=O) groups excluding carboxylic acids is 2. The van der Waals surface area contributed by atoms with Crippen LogP contribution in [0.3, 0.4) is 0 Å². The number of ether oxygens (including phenoxy) is 1. The van der Waals surface area contributed by atoms with Crippen LogP contribution in [-0.4, -0.2) is 23.8 Å². The molecule has 0 amide bonds. The van der Waals surface area contributed by atoms with Gasteiger partial charge in [0.15, 0.2) is 0 Å². The predicted octanol–water partition coefficient (Wildman–Crippen LogP) is 1.93. The maximum atomic E-state index is 11.1. The topological polar surface area (TPSA) is 56.3 Å². The van der Waals surface area contributed by atoms with Crippen LogP contribution in [0.25, 0.3) is 0 Å². The van der Waals surface area contributed by atoms with Crippen molar-refractivity contribution in [2.75, 3.05) is 7.11 Å². The van der Waals surface area contributed by atoms with Crippen LogP contribution in [-0.2, 0) is 20.7 Å². The molecule has 0 spiro atoms. The number of rotatable bonds is 7. The SMILES string of the molecule is COC(=O)C(=O)CCCCCc1cccnc1. The van der Waals surface area contributed by atoms with Crippen molar-refractivity contribution in [1.29, 1.82) is 0 Å². The fraction of sp³-hybridized carbons (Fsp3) is 0.462. The van der Waals surface area contributed by atoms with E-state index in [4.69, 9.17) is 0 Å². The highest BCUT2D eigenvalue weighted by molar-refractivity contribution is 6.33. The molecule has 4 heteroatoms. The maximum absolute atomic E-state index is 11.1. The van der Waals surface area contributed by atoms with E-state index in [0.717, 1.165) is 25.7 Å². The first-order valence-corrected chi connectivity index (χ1v) is 5.74. The number of nitrogens with zero attached hydrogens (tertiary/aromatic N) is 1. The van der Waals surface area contributed by atoms with Gasteiger partial charge in [-0.05, 0) is 30.9 Å². The molecule has 1 aromatic heterocycles. The van der Waals surface area contributed by atoms with Crippen molar-refractivity contribution in [1.82, 2.24) is 4.98 Å². The fourth-order valence-corrected chi connectivity index (χ4v) is 1.55. The minimum Gasteiger partial charge on any atom is -0.463 e. The molecule has 1 rings (SSSR count). The summed E-state index contributed by atoms with van der Waals surface area (Å²) in [4.78, 5) is 26.0. The molecular weight excluding hydrogens is 218 g/mol. The number of unbranched alkanes of at least 4 members (excludes halogenated alkanes) is 2. The second-order valence-electron chi connectivity index (χ2n) is 3.84. The Kier molecular flexibility index (Phi) is 5.93. The van der Waals surface area contributed by atoms with E-state index in [-0.39, 0.29) is 6.42 Å². The van der Waals surface area contributed by atoms with Gasteiger partial charge in [-0.1, -0.05) is 12.5 Å². The summed E-state index contributed by atoms with van der Waals surface area (Å²) in [5, 5.41) is 0. The summed E-state index contributed by atoms with van der Waals surface area (Å²) in [6.07, 6.45) is 7.49. The molecule has 0 atom stereocenters. The zero-order valence-corrected chi connectivity index (χ0v) is 10.0. The van der Waals surface area contributed by atoms with E-state index in [0.29, 0.717) is 0 Å². The highest BCUT2D eigenvalue weighted by atomic mass is 16.5. The molecule has 0 fully saturated rings. The van der Waals surface area contributed by atoms with Gasteiger partial charge in [0, 0.05) is 18.8 Å². The summed E-state index contributed by atoms with van der Waals surface area (Å²) in [6.45, 7) is 0. The molecule has 17 heavy (non-hydrogen) atoms. The monoisotopic (exact) mass is 235 g/mol. The third kappa shape index (κ3) is 5.24. The highest BCUT2D eigenvalue weighted by Crippen LogP contribution is 2.07. The third-order valence-corrected chi connectivity index (χ3v) is 2.51. The lowest BCUT2D eigenvalue weighted by atomic mass is 10.1. The number of hydrogen-bond donors (Lipinski definition) is 0. The number of Topliss-reactive ketones (excluding diaryl/α,β-unsaturated/α-hetero) is 1. The molecule has 0 aliphatic carbocycles. The van der Waals surface area contributed by atoms with Crippen molar-refractivity contribution in [2.24, 2.45) is 0 Å². The molecule has 1 heterocycles. The molecule has 0 bridgehead atoms. The van der Waals surface area contributed by atoms with Crippen LogP contribution < -0.4 is 0 Å². The number of hydrogen-bond acceptors (Lipinski definition) is 4. The first kappa shape index (κ1) is 13.4. The molecule has 0 N–H and O–H groups in total. The fourth-order valence-electron chi connectivity index (χ4n) is 1.55. The van der Waals surface area contributed by atoms with Gasteiger partial charge < -0.3 is 4.74 Å². The van der Waals surface area contributed by atoms with E-state index >= 15 is 0 Å². The van der Waals surface area contributed by atoms with Gasteiger partial charge >= 0.3 is 5.97 Å². The molecule has 4 nitrogen and oxygen atoms in total. The molecule has 0 aromatic carbocycles. The smallest absolute Gasteiger partial charge is 0.374 e. The van der Waals surface area contributed by atoms with Gasteiger partial charge in [-0.3, -0.25) is 9.78 Å². The predicted molar refractivity (Wildman–Crippen MR) is 63.4 cm³/mol. The zero-order chi connectivity index (χ0) is 12.5. The standard InChI is InChI=1S/C13H17NO3/c1-17-13(16)12(15)8-4-2-3-6-11-7-5-9-14-10-11/h5,7,9-10H,2-4,6,8H2,1H3. The van der Waals surface area contributed by atoms with E-state index in [9.17, 15) is 9.59 Å². The molecule has 0 aliphatic heterocycles. The Morgan fingerprint density at radius 3 is 2.76 bits per heavy atom. The molecule has 92 valence electrons. The van der Waals surface area contributed by atoms with E-state index in [1.807, 2.05) is 18.3 Å². The van der Waals surface area contributed by atoms with E-state index in [2.05, 4.69) is 9.72 Å². The Hall–Kier alpha value is -1.71. The molecule has 0 radical (unpaired) electrons. The van der Waals surface area contributed by atoms with Gasteiger partial charge in [-0.2, -0.15) is 0 Å². The largest absolute Gasteiger partial charge is 0.463 e. The van der Waals surface area contributed by atoms with Crippen molar-refractivity contribution >= 4 is 11.8 Å². The van der Waals surface area contributed by atoms with Gasteiger partial charge in [0.25, 0.3) is 0 Å². The van der Waals surface area contributed by atoms with Crippen molar-refractivity contribution in [3.8, 4) is 0 Å². The maximum Gasteiger partial charge on any atom is 0.374 e.